The molecule has 140 valence electrons. The molecular weight excluding hydrogens is 356 g/mol. The average molecular weight is 378 g/mol. The van der Waals surface area contributed by atoms with E-state index in [2.05, 4.69) is 11.8 Å². The van der Waals surface area contributed by atoms with Gasteiger partial charge < -0.3 is 4.74 Å². The maximum atomic E-state index is 12.9. The van der Waals surface area contributed by atoms with Crippen LogP contribution in [0.3, 0.4) is 0 Å². The molecule has 1 aromatic carbocycles. The van der Waals surface area contributed by atoms with Crippen LogP contribution >= 0.6 is 0 Å². The van der Waals surface area contributed by atoms with Crippen LogP contribution in [0.1, 0.15) is 32.6 Å². The van der Waals surface area contributed by atoms with Gasteiger partial charge in [0.25, 0.3) is 15.9 Å². The van der Waals surface area contributed by atoms with Crippen molar-refractivity contribution in [3.05, 3.63) is 35.5 Å². The van der Waals surface area contributed by atoms with E-state index in [1.54, 1.807) is 24.5 Å². The first-order valence-electron chi connectivity index (χ1n) is 8.19. The zero-order valence-electron chi connectivity index (χ0n) is 14.8. The number of nitrogens with zero attached hydrogens (tertiary/aromatic N) is 1. The highest BCUT2D eigenvalue weighted by Crippen LogP contribution is 2.31. The van der Waals surface area contributed by atoms with Crippen molar-refractivity contribution in [2.45, 2.75) is 37.5 Å². The van der Waals surface area contributed by atoms with E-state index < -0.39 is 15.9 Å². The fourth-order valence-corrected chi connectivity index (χ4v) is 4.04. The molecule has 1 amide bonds. The Balaban J connectivity index is 2.28. The van der Waals surface area contributed by atoms with Crippen LogP contribution in [0.15, 0.2) is 40.4 Å². The summed E-state index contributed by atoms with van der Waals surface area (Å²) in [7, 11) is -2.41. The molecule has 8 heteroatoms. The van der Waals surface area contributed by atoms with Gasteiger partial charge in [-0.05, 0) is 56.9 Å². The quantitative estimate of drug-likeness (QED) is 0.449. The van der Waals surface area contributed by atoms with Crippen molar-refractivity contribution in [3.8, 4) is 17.6 Å². The molecule has 1 aromatic rings. The Morgan fingerprint density at radius 1 is 1.27 bits per heavy atom. The number of ether oxygens (including phenoxy) is 1. The number of hydrogen-bond acceptors (Lipinski definition) is 5. The first-order chi connectivity index (χ1) is 12.4. The number of sulfonamides is 1. The number of nitrogens with one attached hydrogen (secondary N) is 1. The summed E-state index contributed by atoms with van der Waals surface area (Å²) in [6.45, 7) is 1.94. The van der Waals surface area contributed by atoms with Crippen molar-refractivity contribution >= 4 is 15.9 Å². The molecule has 0 saturated heterocycles. The molecular formula is C18H22N2O5S. The molecule has 0 atom stereocenters. The zero-order chi connectivity index (χ0) is 19.2. The third-order valence-corrected chi connectivity index (χ3v) is 5.97. The first kappa shape index (κ1) is 19.8. The summed E-state index contributed by atoms with van der Waals surface area (Å²) in [5, 5.41) is 8.90. The molecule has 7 nitrogen and oxygen atoms in total. The summed E-state index contributed by atoms with van der Waals surface area (Å²) in [4.78, 5) is 11.9. The molecule has 0 saturated carbocycles. The lowest BCUT2D eigenvalue weighted by atomic mass is 9.96. The molecule has 2 N–H and O–H groups in total. The van der Waals surface area contributed by atoms with Gasteiger partial charge in [-0.1, -0.05) is 5.92 Å². The Morgan fingerprint density at radius 2 is 1.92 bits per heavy atom. The lowest BCUT2D eigenvalue weighted by molar-refractivity contribution is -0.125. The highest BCUT2D eigenvalue weighted by atomic mass is 32.2. The summed E-state index contributed by atoms with van der Waals surface area (Å²) >= 11 is 0. The van der Waals surface area contributed by atoms with Crippen molar-refractivity contribution in [1.29, 1.82) is 0 Å². The summed E-state index contributed by atoms with van der Waals surface area (Å²) in [5.74, 6) is 5.33. The second-order valence-corrected chi connectivity index (χ2v) is 7.70. The van der Waals surface area contributed by atoms with Crippen molar-refractivity contribution in [2.75, 3.05) is 13.7 Å². The van der Waals surface area contributed by atoms with E-state index in [0.717, 1.165) is 17.1 Å². The summed E-state index contributed by atoms with van der Waals surface area (Å²) in [6.07, 6.45) is 2.43. The number of rotatable bonds is 6. The van der Waals surface area contributed by atoms with E-state index in [1.165, 1.54) is 19.2 Å². The minimum Gasteiger partial charge on any atom is -0.481 e. The second kappa shape index (κ2) is 8.74. The summed E-state index contributed by atoms with van der Waals surface area (Å²) in [6, 6.07) is 6.04. The Bertz CT molecular complexity index is 848. The molecule has 1 aliphatic carbocycles. The molecule has 0 fully saturated rings. The first-order valence-corrected chi connectivity index (χ1v) is 9.63. The van der Waals surface area contributed by atoms with E-state index in [0.29, 0.717) is 29.9 Å². The van der Waals surface area contributed by atoms with Gasteiger partial charge in [-0.15, -0.1) is 5.92 Å². The van der Waals surface area contributed by atoms with Gasteiger partial charge in [-0.25, -0.2) is 13.9 Å². The Kier molecular flexibility index (Phi) is 6.66. The fraction of sp³-hybridized carbons (Fsp3) is 0.389. The molecule has 0 aromatic heterocycles. The van der Waals surface area contributed by atoms with Gasteiger partial charge in [-0.3, -0.25) is 14.3 Å². The molecule has 26 heavy (non-hydrogen) atoms. The van der Waals surface area contributed by atoms with E-state index in [9.17, 15) is 13.2 Å². The van der Waals surface area contributed by atoms with Crippen LogP contribution in [0.4, 0.5) is 0 Å². The van der Waals surface area contributed by atoms with Gasteiger partial charge in [0.2, 0.25) is 0 Å². The molecule has 0 radical (unpaired) electrons. The molecule has 0 aliphatic heterocycles. The SMILES string of the molecule is CC#CCOc1ccc(S(=O)(=O)N(C)C2=C(C(=O)NO)CCCC2)cc1. The molecule has 0 heterocycles. The Labute approximate surface area is 153 Å². The number of amides is 1. The van der Waals surface area contributed by atoms with Gasteiger partial charge in [0.15, 0.2) is 0 Å². The van der Waals surface area contributed by atoms with Crippen LogP contribution in [0.2, 0.25) is 0 Å². The zero-order valence-corrected chi connectivity index (χ0v) is 15.6. The smallest absolute Gasteiger partial charge is 0.272 e. The number of hydroxylamine groups is 1. The minimum atomic E-state index is -3.82. The van der Waals surface area contributed by atoms with E-state index in [-0.39, 0.29) is 11.5 Å². The highest BCUT2D eigenvalue weighted by molar-refractivity contribution is 7.89. The van der Waals surface area contributed by atoms with Crippen LogP contribution in [0, 0.1) is 11.8 Å². The van der Waals surface area contributed by atoms with E-state index in [4.69, 9.17) is 9.94 Å². The van der Waals surface area contributed by atoms with Crippen LogP contribution in [-0.2, 0) is 14.8 Å². The predicted octanol–water partition coefficient (Wildman–Crippen LogP) is 2.04. The number of carbonyl (C=O) groups excluding carboxylic acids is 1. The third-order valence-electron chi connectivity index (χ3n) is 4.16. The van der Waals surface area contributed by atoms with Crippen molar-refractivity contribution in [2.24, 2.45) is 0 Å². The highest BCUT2D eigenvalue weighted by Gasteiger charge is 2.29. The molecule has 2 rings (SSSR count). The normalized spacial score (nSPS) is 14.3. The number of allylic oxidation sites excluding steroid dienone is 1. The van der Waals surface area contributed by atoms with E-state index >= 15 is 0 Å². The monoisotopic (exact) mass is 378 g/mol. The lowest BCUT2D eigenvalue weighted by Gasteiger charge is -2.28. The maximum Gasteiger partial charge on any atom is 0.272 e. The van der Waals surface area contributed by atoms with Gasteiger partial charge in [0.1, 0.15) is 12.4 Å². The maximum absolute atomic E-state index is 12.9. The fourth-order valence-electron chi connectivity index (χ4n) is 2.75. The van der Waals surface area contributed by atoms with Crippen LogP contribution in [0.25, 0.3) is 0 Å². The summed E-state index contributed by atoms with van der Waals surface area (Å²) < 4.78 is 32.3. The molecule has 0 bridgehead atoms. The number of hydrogen-bond donors (Lipinski definition) is 2. The second-order valence-electron chi connectivity index (χ2n) is 5.73. The number of carbonyl (C=O) groups is 1. The third kappa shape index (κ3) is 4.36. The average Bonchev–Trinajstić information content (AvgIpc) is 2.67. The van der Waals surface area contributed by atoms with Gasteiger partial charge in [-0.2, -0.15) is 0 Å². The van der Waals surface area contributed by atoms with Crippen molar-refractivity contribution in [3.63, 3.8) is 0 Å². The largest absolute Gasteiger partial charge is 0.481 e. The van der Waals surface area contributed by atoms with Gasteiger partial charge in [0, 0.05) is 18.3 Å². The topological polar surface area (TPSA) is 95.9 Å². The van der Waals surface area contributed by atoms with Crippen molar-refractivity contribution < 1.29 is 23.2 Å². The molecule has 1 aliphatic rings. The van der Waals surface area contributed by atoms with Crippen LogP contribution in [-0.4, -0.2) is 37.5 Å². The lowest BCUT2D eigenvalue weighted by Crippen LogP contribution is -2.32. The van der Waals surface area contributed by atoms with Crippen LogP contribution < -0.4 is 10.2 Å². The molecule has 0 unspecified atom stereocenters. The predicted molar refractivity (Wildman–Crippen MR) is 95.8 cm³/mol. The van der Waals surface area contributed by atoms with Gasteiger partial charge in [0.05, 0.1) is 4.90 Å². The Morgan fingerprint density at radius 3 is 2.54 bits per heavy atom. The minimum absolute atomic E-state index is 0.0933. The summed E-state index contributed by atoms with van der Waals surface area (Å²) in [5.41, 5.74) is 2.30. The van der Waals surface area contributed by atoms with Crippen molar-refractivity contribution in [1.82, 2.24) is 9.79 Å². The van der Waals surface area contributed by atoms with Gasteiger partial charge >= 0.3 is 0 Å². The Hall–Kier alpha value is -2.50. The standard InChI is InChI=1S/C18H22N2O5S/c1-3-4-13-25-14-9-11-15(12-10-14)26(23,24)20(2)17-8-6-5-7-16(17)18(21)19-22/h9-12,22H,5-8,13H2,1-2H3,(H,19,21). The van der Waals surface area contributed by atoms with Crippen LogP contribution in [0.5, 0.6) is 5.75 Å². The molecule has 0 spiro atoms. The van der Waals surface area contributed by atoms with E-state index in [1.807, 2.05) is 0 Å². The number of benzene rings is 1.